The molecule has 2 saturated carbocycles. The van der Waals surface area contributed by atoms with Crippen LogP contribution in [0.1, 0.15) is 34.1 Å². The highest BCUT2D eigenvalue weighted by Gasteiger charge is 2.58. The molecule has 7 unspecified atom stereocenters. The third-order valence-corrected chi connectivity index (χ3v) is 5.65. The summed E-state index contributed by atoms with van der Waals surface area (Å²) >= 11 is 0. The molecule has 1 N–H and O–H groups in total. The zero-order valence-electron chi connectivity index (χ0n) is 15.2. The standard InChI is InChI=1S/C16H22O4.C2H4.CH4O.CH4/c1-7-5-12(19-4)14-9(3)16(18)20-15(14)13-8(2)11(17)6-10(7)13;2*1-2;/h8-10,12-15H,1,5-6H2,2-4H3;1-2H2;2H,1H3;1H4. The first-order valence-electron chi connectivity index (χ1n) is 8.34. The second-order valence-corrected chi connectivity index (χ2v) is 6.55. The molecule has 7 atom stereocenters. The average Bonchev–Trinajstić information content (AvgIpc) is 3.02. The molecule has 5 heteroatoms. The summed E-state index contributed by atoms with van der Waals surface area (Å²) in [6.07, 6.45) is 1.02. The minimum absolute atomic E-state index is 0. The maximum Gasteiger partial charge on any atom is 0.309 e. The molecule has 0 bridgehead atoms. The smallest absolute Gasteiger partial charge is 0.309 e. The molecule has 0 aromatic carbocycles. The number of Topliss-reactive ketones (excluding diaryl/α,β-unsaturated/α-hetero) is 1. The maximum absolute atomic E-state index is 12.1. The Balaban J connectivity index is 0.00000108. The van der Waals surface area contributed by atoms with Gasteiger partial charge in [0.2, 0.25) is 0 Å². The fourth-order valence-corrected chi connectivity index (χ4v) is 4.45. The topological polar surface area (TPSA) is 72.8 Å². The predicted molar refractivity (Wildman–Crippen MR) is 99.0 cm³/mol. The number of carbonyl (C=O) groups excluding carboxylic acids is 2. The van der Waals surface area contributed by atoms with Crippen molar-refractivity contribution in [2.75, 3.05) is 14.2 Å². The molecule has 0 aromatic heterocycles. The molecule has 0 radical (unpaired) electrons. The Kier molecular flexibility index (Phi) is 9.30. The van der Waals surface area contributed by atoms with E-state index < -0.39 is 0 Å². The van der Waals surface area contributed by atoms with E-state index in [-0.39, 0.29) is 61.0 Å². The van der Waals surface area contributed by atoms with Crippen molar-refractivity contribution in [3.63, 3.8) is 0 Å². The van der Waals surface area contributed by atoms with Crippen molar-refractivity contribution in [1.82, 2.24) is 0 Å². The van der Waals surface area contributed by atoms with Gasteiger partial charge in [0, 0.05) is 38.4 Å². The van der Waals surface area contributed by atoms with Crippen LogP contribution in [0.15, 0.2) is 25.3 Å². The SMILES string of the molecule is C.C=C.C=C1CC(OC)C2C(C)C(=O)OC2C2C(C)C(=O)CC12.CO. The van der Waals surface area contributed by atoms with E-state index in [1.54, 1.807) is 7.11 Å². The van der Waals surface area contributed by atoms with Crippen molar-refractivity contribution in [1.29, 1.82) is 0 Å². The Morgan fingerprint density at radius 3 is 2.16 bits per heavy atom. The summed E-state index contributed by atoms with van der Waals surface area (Å²) in [4.78, 5) is 24.1. The zero-order valence-corrected chi connectivity index (χ0v) is 15.2. The number of rotatable bonds is 1. The van der Waals surface area contributed by atoms with Crippen LogP contribution in [0.3, 0.4) is 0 Å². The number of aliphatic hydroxyl groups excluding tert-OH is 1. The zero-order chi connectivity index (χ0) is 18.6. The van der Waals surface area contributed by atoms with Crippen LogP contribution in [-0.4, -0.2) is 43.3 Å². The minimum Gasteiger partial charge on any atom is -0.461 e. The van der Waals surface area contributed by atoms with Gasteiger partial charge in [0.25, 0.3) is 0 Å². The molecular weight excluding hydrogens is 320 g/mol. The van der Waals surface area contributed by atoms with E-state index in [0.29, 0.717) is 6.42 Å². The Morgan fingerprint density at radius 1 is 1.08 bits per heavy atom. The van der Waals surface area contributed by atoms with Crippen molar-refractivity contribution in [3.05, 3.63) is 25.3 Å². The summed E-state index contributed by atoms with van der Waals surface area (Å²) in [5, 5.41) is 7.00. The van der Waals surface area contributed by atoms with Crippen LogP contribution in [0.25, 0.3) is 0 Å². The summed E-state index contributed by atoms with van der Waals surface area (Å²) in [6.45, 7) is 14.0. The second kappa shape index (κ2) is 9.88. The molecule has 3 rings (SSSR count). The highest BCUT2D eigenvalue weighted by molar-refractivity contribution is 5.84. The van der Waals surface area contributed by atoms with Gasteiger partial charge in [0.15, 0.2) is 0 Å². The Hall–Kier alpha value is -1.46. The number of ether oxygens (including phenoxy) is 2. The van der Waals surface area contributed by atoms with Crippen LogP contribution in [-0.2, 0) is 19.1 Å². The molecule has 0 amide bonds. The van der Waals surface area contributed by atoms with Crippen molar-refractivity contribution >= 4 is 11.8 Å². The monoisotopic (exact) mass is 354 g/mol. The number of hydrogen-bond acceptors (Lipinski definition) is 5. The van der Waals surface area contributed by atoms with Crippen LogP contribution in [0.2, 0.25) is 0 Å². The van der Waals surface area contributed by atoms with Gasteiger partial charge in [0.1, 0.15) is 11.9 Å². The molecular formula is C20H34O5. The van der Waals surface area contributed by atoms with E-state index in [2.05, 4.69) is 19.7 Å². The molecule has 144 valence electrons. The van der Waals surface area contributed by atoms with Gasteiger partial charge < -0.3 is 14.6 Å². The van der Waals surface area contributed by atoms with Crippen LogP contribution < -0.4 is 0 Å². The second-order valence-electron chi connectivity index (χ2n) is 6.55. The molecule has 1 saturated heterocycles. The number of esters is 1. The first-order chi connectivity index (χ1) is 11.5. The van der Waals surface area contributed by atoms with Gasteiger partial charge in [-0.2, -0.15) is 0 Å². The van der Waals surface area contributed by atoms with E-state index in [9.17, 15) is 9.59 Å². The highest BCUT2D eigenvalue weighted by atomic mass is 16.6. The van der Waals surface area contributed by atoms with Gasteiger partial charge in [-0.05, 0) is 12.3 Å². The van der Waals surface area contributed by atoms with Gasteiger partial charge in [-0.25, -0.2) is 0 Å². The summed E-state index contributed by atoms with van der Waals surface area (Å²) in [6, 6.07) is 0. The van der Waals surface area contributed by atoms with E-state index in [1.807, 2.05) is 13.8 Å². The fourth-order valence-electron chi connectivity index (χ4n) is 4.45. The van der Waals surface area contributed by atoms with Crippen molar-refractivity contribution in [3.8, 4) is 0 Å². The first kappa shape index (κ1) is 23.5. The normalized spacial score (nSPS) is 38.6. The van der Waals surface area contributed by atoms with Crippen LogP contribution in [0, 0.1) is 29.6 Å². The quantitative estimate of drug-likeness (QED) is 0.579. The van der Waals surface area contributed by atoms with Gasteiger partial charge in [-0.3, -0.25) is 9.59 Å². The van der Waals surface area contributed by atoms with Crippen molar-refractivity contribution in [2.45, 2.75) is 46.3 Å². The minimum atomic E-state index is -0.201. The largest absolute Gasteiger partial charge is 0.461 e. The number of aliphatic hydroxyl groups is 1. The van der Waals surface area contributed by atoms with Gasteiger partial charge in [0.05, 0.1) is 12.0 Å². The van der Waals surface area contributed by atoms with Crippen molar-refractivity contribution < 1.29 is 24.2 Å². The lowest BCUT2D eigenvalue weighted by atomic mass is 9.77. The van der Waals surface area contributed by atoms with Gasteiger partial charge in [-0.15, -0.1) is 13.2 Å². The number of methoxy groups -OCH3 is 1. The average molecular weight is 354 g/mol. The maximum atomic E-state index is 12.1. The van der Waals surface area contributed by atoms with Crippen LogP contribution >= 0.6 is 0 Å². The lowest BCUT2D eigenvalue weighted by Gasteiger charge is -2.30. The molecule has 2 aliphatic carbocycles. The van der Waals surface area contributed by atoms with E-state index in [0.717, 1.165) is 19.1 Å². The third-order valence-electron chi connectivity index (χ3n) is 5.65. The fraction of sp³-hybridized carbons (Fsp3) is 0.700. The van der Waals surface area contributed by atoms with E-state index in [4.69, 9.17) is 14.6 Å². The molecule has 3 aliphatic rings. The molecule has 1 heterocycles. The number of ketones is 1. The Labute approximate surface area is 152 Å². The van der Waals surface area contributed by atoms with Gasteiger partial charge in [-0.1, -0.05) is 33.4 Å². The molecule has 0 aromatic rings. The first-order valence-corrected chi connectivity index (χ1v) is 8.34. The number of carbonyl (C=O) groups is 2. The molecule has 0 spiro atoms. The summed E-state index contributed by atoms with van der Waals surface area (Å²) < 4.78 is 11.3. The molecule has 1 aliphatic heterocycles. The summed E-state index contributed by atoms with van der Waals surface area (Å²) in [5.74, 6) is 0.147. The van der Waals surface area contributed by atoms with Crippen LogP contribution in [0.5, 0.6) is 0 Å². The lowest BCUT2D eigenvalue weighted by molar-refractivity contribution is -0.147. The number of hydrogen-bond donors (Lipinski definition) is 1. The highest BCUT2D eigenvalue weighted by Crippen LogP contribution is 2.52. The number of fused-ring (bicyclic) bond motifs is 3. The predicted octanol–water partition coefficient (Wildman–Crippen LogP) is 3.03. The van der Waals surface area contributed by atoms with Crippen molar-refractivity contribution in [2.24, 2.45) is 29.6 Å². The van der Waals surface area contributed by atoms with E-state index in [1.165, 1.54) is 0 Å². The Bertz CT molecular complexity index is 486. The van der Waals surface area contributed by atoms with E-state index >= 15 is 0 Å². The van der Waals surface area contributed by atoms with Crippen LogP contribution in [0.4, 0.5) is 0 Å². The van der Waals surface area contributed by atoms with Gasteiger partial charge >= 0.3 is 5.97 Å². The summed E-state index contributed by atoms with van der Waals surface area (Å²) in [5.41, 5.74) is 1.08. The molecule has 5 nitrogen and oxygen atoms in total. The summed E-state index contributed by atoms with van der Waals surface area (Å²) in [7, 11) is 2.68. The third kappa shape index (κ3) is 4.04. The molecule has 3 fully saturated rings. The Morgan fingerprint density at radius 2 is 1.64 bits per heavy atom. The molecule has 25 heavy (non-hydrogen) atoms. The lowest BCUT2D eigenvalue weighted by Crippen LogP contribution is -2.38.